The van der Waals surface area contributed by atoms with Crippen molar-refractivity contribution in [2.24, 2.45) is 0 Å². The molecular formula is C17H25N3O5. The Labute approximate surface area is 147 Å². The number of aliphatic hydroxyl groups excluding tert-OH is 2. The van der Waals surface area contributed by atoms with Gasteiger partial charge in [0.05, 0.1) is 24.9 Å². The third-order valence-electron chi connectivity index (χ3n) is 3.99. The zero-order valence-electron chi connectivity index (χ0n) is 14.4. The van der Waals surface area contributed by atoms with E-state index < -0.39 is 6.10 Å². The molecule has 2 rings (SSSR count). The number of amides is 2. The van der Waals surface area contributed by atoms with Crippen molar-refractivity contribution in [2.45, 2.75) is 13.0 Å². The fraction of sp³-hybridized carbons (Fsp3) is 0.529. The van der Waals surface area contributed by atoms with Gasteiger partial charge in [0.25, 0.3) is 5.91 Å². The van der Waals surface area contributed by atoms with Gasteiger partial charge in [-0.25, -0.2) is 4.79 Å². The van der Waals surface area contributed by atoms with Crippen molar-refractivity contribution >= 4 is 17.7 Å². The molecule has 1 heterocycles. The van der Waals surface area contributed by atoms with Gasteiger partial charge in [0, 0.05) is 38.4 Å². The van der Waals surface area contributed by atoms with Gasteiger partial charge in [-0.05, 0) is 19.1 Å². The van der Waals surface area contributed by atoms with E-state index >= 15 is 0 Å². The molecule has 1 aromatic rings. The first-order valence-electron chi connectivity index (χ1n) is 8.39. The topological polar surface area (TPSA) is 102 Å². The number of carbonyl (C=O) groups is 2. The Morgan fingerprint density at radius 1 is 1.20 bits per heavy atom. The second-order valence-corrected chi connectivity index (χ2v) is 5.74. The largest absolute Gasteiger partial charge is 0.450 e. The third kappa shape index (κ3) is 5.07. The normalized spacial score (nSPS) is 15.6. The summed E-state index contributed by atoms with van der Waals surface area (Å²) in [5.41, 5.74) is 1.10. The summed E-state index contributed by atoms with van der Waals surface area (Å²) in [5, 5.41) is 21.3. The van der Waals surface area contributed by atoms with Gasteiger partial charge in [-0.15, -0.1) is 0 Å². The minimum Gasteiger partial charge on any atom is -0.450 e. The zero-order valence-corrected chi connectivity index (χ0v) is 14.4. The molecule has 1 aliphatic heterocycles. The van der Waals surface area contributed by atoms with Crippen LogP contribution in [0.3, 0.4) is 0 Å². The monoisotopic (exact) mass is 351 g/mol. The van der Waals surface area contributed by atoms with Gasteiger partial charge < -0.3 is 30.1 Å². The lowest BCUT2D eigenvalue weighted by atomic mass is 10.1. The van der Waals surface area contributed by atoms with Crippen LogP contribution in [0.2, 0.25) is 0 Å². The molecule has 1 unspecified atom stereocenters. The Kier molecular flexibility index (Phi) is 7.03. The van der Waals surface area contributed by atoms with Crippen molar-refractivity contribution in [2.75, 3.05) is 51.3 Å². The number of nitrogens with zero attached hydrogens (tertiary/aromatic N) is 2. The molecule has 1 aromatic carbocycles. The summed E-state index contributed by atoms with van der Waals surface area (Å²) in [7, 11) is 0. The van der Waals surface area contributed by atoms with E-state index in [1.165, 1.54) is 0 Å². The van der Waals surface area contributed by atoms with Gasteiger partial charge in [0.1, 0.15) is 0 Å². The summed E-state index contributed by atoms with van der Waals surface area (Å²) in [6.07, 6.45) is -1.24. The molecule has 138 valence electrons. The lowest BCUT2D eigenvalue weighted by Crippen LogP contribution is -2.50. The van der Waals surface area contributed by atoms with E-state index in [2.05, 4.69) is 5.32 Å². The molecule has 25 heavy (non-hydrogen) atoms. The number of anilines is 1. The van der Waals surface area contributed by atoms with Crippen molar-refractivity contribution in [3.8, 4) is 0 Å². The van der Waals surface area contributed by atoms with Crippen molar-refractivity contribution in [3.63, 3.8) is 0 Å². The van der Waals surface area contributed by atoms with Crippen LogP contribution in [0.5, 0.6) is 0 Å². The number of piperazine rings is 1. The molecule has 1 aliphatic rings. The second kappa shape index (κ2) is 9.24. The van der Waals surface area contributed by atoms with Crippen LogP contribution >= 0.6 is 0 Å². The molecule has 1 saturated heterocycles. The van der Waals surface area contributed by atoms with Gasteiger partial charge in [-0.1, -0.05) is 12.1 Å². The molecule has 0 saturated carbocycles. The maximum atomic E-state index is 12.8. The number of carbonyl (C=O) groups excluding carboxylic acids is 2. The van der Waals surface area contributed by atoms with Gasteiger partial charge in [0.15, 0.2) is 0 Å². The van der Waals surface area contributed by atoms with E-state index in [9.17, 15) is 14.7 Å². The molecule has 2 amide bonds. The predicted octanol–water partition coefficient (Wildman–Crippen LogP) is 0.366. The summed E-state index contributed by atoms with van der Waals surface area (Å²) < 4.78 is 4.98. The Morgan fingerprint density at radius 2 is 1.84 bits per heavy atom. The van der Waals surface area contributed by atoms with E-state index in [4.69, 9.17) is 9.84 Å². The Morgan fingerprint density at radius 3 is 2.48 bits per heavy atom. The van der Waals surface area contributed by atoms with Crippen LogP contribution in [0.4, 0.5) is 10.5 Å². The summed E-state index contributed by atoms with van der Waals surface area (Å²) >= 11 is 0. The minimum atomic E-state index is -0.892. The highest BCUT2D eigenvalue weighted by molar-refractivity contribution is 5.99. The van der Waals surface area contributed by atoms with Gasteiger partial charge in [-0.2, -0.15) is 0 Å². The van der Waals surface area contributed by atoms with Gasteiger partial charge in [-0.3, -0.25) is 4.79 Å². The average Bonchev–Trinajstić information content (AvgIpc) is 2.66. The van der Waals surface area contributed by atoms with Gasteiger partial charge >= 0.3 is 6.09 Å². The molecule has 1 atom stereocenters. The number of benzene rings is 1. The number of nitrogens with one attached hydrogen (secondary N) is 1. The van der Waals surface area contributed by atoms with E-state index in [0.29, 0.717) is 44.0 Å². The lowest BCUT2D eigenvalue weighted by molar-refractivity contribution is 0.0571. The standard InChI is InChI=1S/C17H25N3O5/c1-2-25-17(24)20-9-7-19(8-10-20)16(23)14-5-3-4-6-15(14)18-11-13(22)12-21/h3-6,13,18,21-22H,2,7-12H2,1H3. The molecule has 0 aliphatic carbocycles. The van der Waals surface area contributed by atoms with Crippen molar-refractivity contribution in [1.29, 1.82) is 0 Å². The summed E-state index contributed by atoms with van der Waals surface area (Å²) in [6.45, 7) is 3.63. The third-order valence-corrected chi connectivity index (χ3v) is 3.99. The lowest BCUT2D eigenvalue weighted by Gasteiger charge is -2.34. The van der Waals surface area contributed by atoms with E-state index in [1.54, 1.807) is 41.0 Å². The van der Waals surface area contributed by atoms with Crippen LogP contribution in [-0.2, 0) is 4.74 Å². The number of aliphatic hydroxyl groups is 2. The highest BCUT2D eigenvalue weighted by Gasteiger charge is 2.26. The summed E-state index contributed by atoms with van der Waals surface area (Å²) in [6, 6.07) is 7.04. The average molecular weight is 351 g/mol. The number of para-hydroxylation sites is 1. The molecular weight excluding hydrogens is 326 g/mol. The zero-order chi connectivity index (χ0) is 18.2. The van der Waals surface area contributed by atoms with Crippen LogP contribution in [0, 0.1) is 0 Å². The Balaban J connectivity index is 1.98. The van der Waals surface area contributed by atoms with Crippen molar-refractivity contribution < 1.29 is 24.5 Å². The predicted molar refractivity (Wildman–Crippen MR) is 92.5 cm³/mol. The highest BCUT2D eigenvalue weighted by Crippen LogP contribution is 2.18. The minimum absolute atomic E-state index is 0.134. The molecule has 0 radical (unpaired) electrons. The molecule has 3 N–H and O–H groups in total. The molecule has 8 nitrogen and oxygen atoms in total. The number of ether oxygens (including phenoxy) is 1. The first-order chi connectivity index (χ1) is 12.1. The molecule has 8 heteroatoms. The van der Waals surface area contributed by atoms with Gasteiger partial charge in [0.2, 0.25) is 0 Å². The van der Waals surface area contributed by atoms with Crippen LogP contribution in [0.1, 0.15) is 17.3 Å². The van der Waals surface area contributed by atoms with Crippen LogP contribution in [0.15, 0.2) is 24.3 Å². The molecule has 0 aromatic heterocycles. The molecule has 0 spiro atoms. The number of hydrogen-bond donors (Lipinski definition) is 3. The fourth-order valence-electron chi connectivity index (χ4n) is 2.59. The molecule has 0 bridgehead atoms. The SMILES string of the molecule is CCOC(=O)N1CCN(C(=O)c2ccccc2NCC(O)CO)CC1. The Hall–Kier alpha value is -2.32. The van der Waals surface area contributed by atoms with Crippen LogP contribution in [-0.4, -0.2) is 84.1 Å². The van der Waals surface area contributed by atoms with Crippen molar-refractivity contribution in [3.05, 3.63) is 29.8 Å². The van der Waals surface area contributed by atoms with Crippen molar-refractivity contribution in [1.82, 2.24) is 9.80 Å². The Bertz CT molecular complexity index is 587. The first-order valence-corrected chi connectivity index (χ1v) is 8.39. The van der Waals surface area contributed by atoms with Crippen LogP contribution < -0.4 is 5.32 Å². The molecule has 1 fully saturated rings. The van der Waals surface area contributed by atoms with E-state index in [-0.39, 0.29) is 25.2 Å². The second-order valence-electron chi connectivity index (χ2n) is 5.74. The van der Waals surface area contributed by atoms with E-state index in [1.807, 2.05) is 0 Å². The maximum Gasteiger partial charge on any atom is 0.409 e. The number of rotatable bonds is 6. The summed E-state index contributed by atoms with van der Waals surface area (Å²) in [5.74, 6) is -0.134. The smallest absolute Gasteiger partial charge is 0.409 e. The highest BCUT2D eigenvalue weighted by atomic mass is 16.6. The van der Waals surface area contributed by atoms with Crippen LogP contribution in [0.25, 0.3) is 0 Å². The maximum absolute atomic E-state index is 12.8. The first kappa shape index (κ1) is 19.0. The quantitative estimate of drug-likeness (QED) is 0.684. The number of hydrogen-bond acceptors (Lipinski definition) is 6. The van der Waals surface area contributed by atoms with E-state index in [0.717, 1.165) is 0 Å². The fourth-order valence-corrected chi connectivity index (χ4v) is 2.59. The summed E-state index contributed by atoms with van der Waals surface area (Å²) in [4.78, 5) is 27.8.